The molecule has 0 bridgehead atoms. The summed E-state index contributed by atoms with van der Waals surface area (Å²) in [6.07, 6.45) is 0. The molecule has 0 saturated carbocycles. The van der Waals surface area contributed by atoms with E-state index in [-0.39, 0.29) is 6.61 Å². The van der Waals surface area contributed by atoms with Gasteiger partial charge in [-0.15, -0.1) is 0 Å². The SMILES string of the molecule is Cc1cc(Cl)ccc1OCC(=O)NNC(=O)c1cccc(OCCOc2ccccc2)c1. The molecule has 32 heavy (non-hydrogen) atoms. The molecule has 0 spiro atoms. The van der Waals surface area contributed by atoms with Gasteiger partial charge < -0.3 is 14.2 Å². The van der Waals surface area contributed by atoms with Crippen LogP contribution in [0.25, 0.3) is 0 Å². The van der Waals surface area contributed by atoms with Crippen molar-refractivity contribution in [2.24, 2.45) is 0 Å². The lowest BCUT2D eigenvalue weighted by atomic mass is 10.2. The van der Waals surface area contributed by atoms with Gasteiger partial charge in [-0.05, 0) is 61.0 Å². The number of para-hydroxylation sites is 1. The molecule has 0 aromatic heterocycles. The smallest absolute Gasteiger partial charge is 0.276 e. The zero-order chi connectivity index (χ0) is 22.8. The van der Waals surface area contributed by atoms with Crippen LogP contribution in [-0.4, -0.2) is 31.6 Å². The van der Waals surface area contributed by atoms with Crippen molar-refractivity contribution in [3.8, 4) is 17.2 Å². The van der Waals surface area contributed by atoms with Gasteiger partial charge in [-0.25, -0.2) is 0 Å². The maximum absolute atomic E-state index is 12.3. The van der Waals surface area contributed by atoms with Crippen LogP contribution in [0.2, 0.25) is 5.02 Å². The Labute approximate surface area is 191 Å². The minimum absolute atomic E-state index is 0.257. The molecular weight excluding hydrogens is 432 g/mol. The number of halogens is 1. The van der Waals surface area contributed by atoms with E-state index >= 15 is 0 Å². The minimum atomic E-state index is -0.502. The second kappa shape index (κ2) is 11.6. The third kappa shape index (κ3) is 7.21. The van der Waals surface area contributed by atoms with E-state index in [2.05, 4.69) is 10.9 Å². The van der Waals surface area contributed by atoms with E-state index in [1.165, 1.54) is 0 Å². The fourth-order valence-electron chi connectivity index (χ4n) is 2.72. The molecule has 0 fully saturated rings. The van der Waals surface area contributed by atoms with Gasteiger partial charge in [0.1, 0.15) is 30.5 Å². The van der Waals surface area contributed by atoms with Crippen LogP contribution >= 0.6 is 11.6 Å². The van der Waals surface area contributed by atoms with Crippen LogP contribution in [0, 0.1) is 6.92 Å². The molecule has 166 valence electrons. The quantitative estimate of drug-likeness (QED) is 0.378. The average molecular weight is 455 g/mol. The zero-order valence-electron chi connectivity index (χ0n) is 17.5. The van der Waals surface area contributed by atoms with Crippen molar-refractivity contribution in [2.45, 2.75) is 6.92 Å². The molecule has 0 aliphatic heterocycles. The lowest BCUT2D eigenvalue weighted by molar-refractivity contribution is -0.123. The lowest BCUT2D eigenvalue weighted by Crippen LogP contribution is -2.43. The van der Waals surface area contributed by atoms with Gasteiger partial charge >= 0.3 is 0 Å². The first kappa shape index (κ1) is 23.0. The van der Waals surface area contributed by atoms with Crippen molar-refractivity contribution in [1.82, 2.24) is 10.9 Å². The highest BCUT2D eigenvalue weighted by Gasteiger charge is 2.10. The van der Waals surface area contributed by atoms with E-state index in [9.17, 15) is 9.59 Å². The van der Waals surface area contributed by atoms with Crippen molar-refractivity contribution in [3.63, 3.8) is 0 Å². The molecule has 8 heteroatoms. The summed E-state index contributed by atoms with van der Waals surface area (Å²) in [5, 5.41) is 0.585. The van der Waals surface area contributed by atoms with E-state index in [0.717, 1.165) is 11.3 Å². The first-order chi connectivity index (χ1) is 15.5. The number of nitrogens with one attached hydrogen (secondary N) is 2. The maximum atomic E-state index is 12.3. The van der Waals surface area contributed by atoms with Crippen molar-refractivity contribution in [2.75, 3.05) is 19.8 Å². The van der Waals surface area contributed by atoms with E-state index < -0.39 is 11.8 Å². The predicted molar refractivity (Wildman–Crippen MR) is 121 cm³/mol. The summed E-state index contributed by atoms with van der Waals surface area (Å²) in [7, 11) is 0. The van der Waals surface area contributed by atoms with Gasteiger partial charge in [0, 0.05) is 10.6 Å². The molecule has 0 saturated heterocycles. The molecule has 3 aromatic rings. The summed E-state index contributed by atoms with van der Waals surface area (Å²) in [4.78, 5) is 24.3. The maximum Gasteiger partial charge on any atom is 0.276 e. The van der Waals surface area contributed by atoms with Crippen LogP contribution < -0.4 is 25.1 Å². The highest BCUT2D eigenvalue weighted by molar-refractivity contribution is 6.30. The molecule has 0 heterocycles. The average Bonchev–Trinajstić information content (AvgIpc) is 2.80. The summed E-state index contributed by atoms with van der Waals surface area (Å²) in [6.45, 7) is 2.25. The number of amides is 2. The molecule has 2 N–H and O–H groups in total. The molecule has 0 atom stereocenters. The minimum Gasteiger partial charge on any atom is -0.490 e. The van der Waals surface area contributed by atoms with Gasteiger partial charge in [0.2, 0.25) is 0 Å². The molecule has 3 rings (SSSR count). The second-order valence-electron chi connectivity index (χ2n) is 6.74. The highest BCUT2D eigenvalue weighted by Crippen LogP contribution is 2.21. The van der Waals surface area contributed by atoms with Gasteiger partial charge in [-0.2, -0.15) is 0 Å². The van der Waals surface area contributed by atoms with Crippen molar-refractivity contribution in [1.29, 1.82) is 0 Å². The molecule has 7 nitrogen and oxygen atoms in total. The van der Waals surface area contributed by atoms with E-state index in [1.54, 1.807) is 42.5 Å². The first-order valence-electron chi connectivity index (χ1n) is 9.90. The first-order valence-corrected chi connectivity index (χ1v) is 10.3. The van der Waals surface area contributed by atoms with Crippen LogP contribution in [0.1, 0.15) is 15.9 Å². The Morgan fingerprint density at radius 1 is 0.812 bits per heavy atom. The monoisotopic (exact) mass is 454 g/mol. The van der Waals surface area contributed by atoms with Crippen molar-refractivity contribution in [3.05, 3.63) is 88.9 Å². The molecule has 0 aliphatic carbocycles. The number of carbonyl (C=O) groups excluding carboxylic acids is 2. The van der Waals surface area contributed by atoms with Gasteiger partial charge in [0.15, 0.2) is 6.61 Å². The predicted octanol–water partition coefficient (Wildman–Crippen LogP) is 3.95. The number of hydrogen-bond donors (Lipinski definition) is 2. The summed E-state index contributed by atoms with van der Waals surface area (Å²) >= 11 is 5.90. The molecule has 0 aliphatic rings. The number of hydrazine groups is 1. The summed E-state index contributed by atoms with van der Waals surface area (Å²) < 4.78 is 16.6. The summed E-state index contributed by atoms with van der Waals surface area (Å²) in [5.74, 6) is 0.833. The fraction of sp³-hybridized carbons (Fsp3) is 0.167. The fourth-order valence-corrected chi connectivity index (χ4v) is 2.94. The Kier molecular flexibility index (Phi) is 8.34. The molecule has 3 aromatic carbocycles. The number of carbonyl (C=O) groups is 2. The third-order valence-electron chi connectivity index (χ3n) is 4.27. The number of ether oxygens (including phenoxy) is 3. The van der Waals surface area contributed by atoms with Crippen LogP contribution in [0.15, 0.2) is 72.8 Å². The van der Waals surface area contributed by atoms with Crippen LogP contribution in [0.3, 0.4) is 0 Å². The zero-order valence-corrected chi connectivity index (χ0v) is 18.2. The standard InChI is InChI=1S/C24H23ClN2O5/c1-17-14-19(25)10-11-22(17)32-16-23(28)26-27-24(29)18-6-5-9-21(15-18)31-13-12-30-20-7-3-2-4-8-20/h2-11,14-15H,12-13,16H2,1H3,(H,26,28)(H,27,29). The van der Waals surface area contributed by atoms with Crippen LogP contribution in [-0.2, 0) is 4.79 Å². The normalized spacial score (nSPS) is 10.2. The van der Waals surface area contributed by atoms with Crippen LogP contribution in [0.5, 0.6) is 17.2 Å². The number of aryl methyl sites for hydroxylation is 1. The van der Waals surface area contributed by atoms with E-state index in [0.29, 0.717) is 35.3 Å². The Morgan fingerprint density at radius 3 is 2.28 bits per heavy atom. The highest BCUT2D eigenvalue weighted by atomic mass is 35.5. The topological polar surface area (TPSA) is 85.9 Å². The van der Waals surface area contributed by atoms with E-state index in [1.807, 2.05) is 37.3 Å². The van der Waals surface area contributed by atoms with Gasteiger partial charge in [-0.3, -0.25) is 20.4 Å². The summed E-state index contributed by atoms with van der Waals surface area (Å²) in [6, 6.07) is 21.1. The van der Waals surface area contributed by atoms with Crippen LogP contribution in [0.4, 0.5) is 0 Å². The largest absolute Gasteiger partial charge is 0.490 e. The van der Waals surface area contributed by atoms with Gasteiger partial charge in [0.05, 0.1) is 0 Å². The molecule has 0 radical (unpaired) electrons. The third-order valence-corrected chi connectivity index (χ3v) is 4.51. The lowest BCUT2D eigenvalue weighted by Gasteiger charge is -2.11. The van der Waals surface area contributed by atoms with Crippen molar-refractivity contribution < 1.29 is 23.8 Å². The Bertz CT molecular complexity index is 1060. The van der Waals surface area contributed by atoms with E-state index in [4.69, 9.17) is 25.8 Å². The van der Waals surface area contributed by atoms with Gasteiger partial charge in [-0.1, -0.05) is 35.9 Å². The van der Waals surface area contributed by atoms with Gasteiger partial charge in [0.25, 0.3) is 11.8 Å². The summed E-state index contributed by atoms with van der Waals surface area (Å²) in [5.41, 5.74) is 5.82. The number of hydrogen-bond acceptors (Lipinski definition) is 5. The number of rotatable bonds is 9. The molecule has 0 unspecified atom stereocenters. The Balaban J connectivity index is 1.41. The molecular formula is C24H23ClN2O5. The Morgan fingerprint density at radius 2 is 1.53 bits per heavy atom. The number of benzene rings is 3. The van der Waals surface area contributed by atoms with Crippen molar-refractivity contribution >= 4 is 23.4 Å². The second-order valence-corrected chi connectivity index (χ2v) is 7.18. The Hall–Kier alpha value is -3.71. The molecule has 2 amide bonds.